The quantitative estimate of drug-likeness (QED) is 0.0799. The van der Waals surface area contributed by atoms with Crippen molar-refractivity contribution in [1.82, 2.24) is 0 Å². The van der Waals surface area contributed by atoms with Crippen molar-refractivity contribution in [3.05, 3.63) is 37.0 Å². The maximum atomic E-state index is 9.70. The Bertz CT molecular complexity index is 518. The SMILES string of the molecule is C=CC/C=C\CCCCCCCCCCC(CO)CCCCCCCCC/C=C\CC#CCC. The first-order chi connectivity index (χ1) is 16.8. The summed E-state index contributed by atoms with van der Waals surface area (Å²) in [5.74, 6) is 6.80. The van der Waals surface area contributed by atoms with E-state index < -0.39 is 0 Å². The molecule has 1 N–H and O–H groups in total. The van der Waals surface area contributed by atoms with E-state index in [1.807, 2.05) is 6.08 Å². The predicted octanol–water partition coefficient (Wildman–Crippen LogP) is 10.5. The molecule has 0 rings (SSSR count). The van der Waals surface area contributed by atoms with Crippen LogP contribution in [0, 0.1) is 17.8 Å². The van der Waals surface area contributed by atoms with Crippen LogP contribution in [0.5, 0.6) is 0 Å². The van der Waals surface area contributed by atoms with Crippen LogP contribution in [0.1, 0.15) is 148 Å². The number of rotatable bonds is 25. The molecule has 196 valence electrons. The van der Waals surface area contributed by atoms with E-state index in [2.05, 4.69) is 49.6 Å². The molecule has 1 heteroatoms. The molecule has 1 nitrogen and oxygen atoms in total. The van der Waals surface area contributed by atoms with Gasteiger partial charge in [0.1, 0.15) is 0 Å². The normalized spacial score (nSPS) is 12.3. The number of hydrogen-bond donors (Lipinski definition) is 1. The Morgan fingerprint density at radius 1 is 0.618 bits per heavy atom. The van der Waals surface area contributed by atoms with E-state index in [1.165, 1.54) is 122 Å². The molecular weight excluding hydrogens is 412 g/mol. The molecule has 0 heterocycles. The summed E-state index contributed by atoms with van der Waals surface area (Å²) in [4.78, 5) is 0. The van der Waals surface area contributed by atoms with Gasteiger partial charge in [-0.3, -0.25) is 0 Å². The Balaban J connectivity index is 3.36. The van der Waals surface area contributed by atoms with Crippen LogP contribution >= 0.6 is 0 Å². The minimum Gasteiger partial charge on any atom is -0.396 e. The lowest BCUT2D eigenvalue weighted by Gasteiger charge is -2.13. The van der Waals surface area contributed by atoms with Crippen molar-refractivity contribution in [3.8, 4) is 11.8 Å². The highest BCUT2D eigenvalue weighted by Gasteiger charge is 2.07. The summed E-state index contributed by atoms with van der Waals surface area (Å²) in [5, 5.41) is 9.70. The van der Waals surface area contributed by atoms with Gasteiger partial charge >= 0.3 is 0 Å². The molecule has 1 atom stereocenters. The number of aliphatic hydroxyl groups excluding tert-OH is 1. The highest BCUT2D eigenvalue weighted by molar-refractivity contribution is 5.03. The first-order valence-electron chi connectivity index (χ1n) is 14.8. The zero-order valence-corrected chi connectivity index (χ0v) is 22.9. The summed E-state index contributed by atoms with van der Waals surface area (Å²) in [6.07, 6.45) is 39.1. The van der Waals surface area contributed by atoms with Crippen molar-refractivity contribution in [2.75, 3.05) is 6.61 Å². The summed E-state index contributed by atoms with van der Waals surface area (Å²) in [6, 6.07) is 0. The van der Waals surface area contributed by atoms with Crippen molar-refractivity contribution < 1.29 is 5.11 Å². The van der Waals surface area contributed by atoms with Crippen molar-refractivity contribution in [1.29, 1.82) is 0 Å². The van der Waals surface area contributed by atoms with Gasteiger partial charge in [0, 0.05) is 19.4 Å². The van der Waals surface area contributed by atoms with E-state index in [-0.39, 0.29) is 0 Å². The molecule has 0 amide bonds. The molecular formula is C33H58O. The standard InChI is InChI=1S/C33H58O/c1-3-5-7-9-11-13-15-17-19-21-23-25-27-29-31-33(32-34)30-28-26-24-22-20-18-16-14-12-10-8-6-4-2/h4,8,10-11,13,33-34H,2-3,6,9,12,14-32H2,1H3/b10-8-,13-11-. The molecule has 0 aliphatic rings. The summed E-state index contributed by atoms with van der Waals surface area (Å²) in [6.45, 7) is 6.22. The van der Waals surface area contributed by atoms with Crippen molar-refractivity contribution >= 4 is 0 Å². The van der Waals surface area contributed by atoms with Gasteiger partial charge in [-0.25, -0.2) is 0 Å². The van der Waals surface area contributed by atoms with Crippen LogP contribution in [-0.2, 0) is 0 Å². The second-order valence-corrected chi connectivity index (χ2v) is 9.89. The van der Waals surface area contributed by atoms with Crippen LogP contribution < -0.4 is 0 Å². The van der Waals surface area contributed by atoms with Gasteiger partial charge in [0.05, 0.1) is 0 Å². The van der Waals surface area contributed by atoms with Gasteiger partial charge in [-0.15, -0.1) is 12.5 Å². The Labute approximate surface area is 214 Å². The fourth-order valence-electron chi connectivity index (χ4n) is 4.43. The van der Waals surface area contributed by atoms with Crippen LogP contribution in [-0.4, -0.2) is 11.7 Å². The summed E-state index contributed by atoms with van der Waals surface area (Å²) >= 11 is 0. The van der Waals surface area contributed by atoms with Gasteiger partial charge in [-0.05, 0) is 50.9 Å². The van der Waals surface area contributed by atoms with E-state index in [1.54, 1.807) is 0 Å². The molecule has 0 radical (unpaired) electrons. The molecule has 0 aromatic rings. The van der Waals surface area contributed by atoms with Crippen LogP contribution in [0.2, 0.25) is 0 Å². The number of unbranched alkanes of at least 4 members (excludes halogenated alkanes) is 15. The van der Waals surface area contributed by atoms with E-state index in [9.17, 15) is 5.11 Å². The lowest BCUT2D eigenvalue weighted by atomic mass is 9.94. The molecule has 0 fully saturated rings. The average molecular weight is 471 g/mol. The highest BCUT2D eigenvalue weighted by Crippen LogP contribution is 2.19. The van der Waals surface area contributed by atoms with Crippen molar-refractivity contribution in [2.45, 2.75) is 148 Å². The fourth-order valence-corrected chi connectivity index (χ4v) is 4.43. The third-order valence-electron chi connectivity index (χ3n) is 6.63. The Kier molecular flexibility index (Phi) is 28.7. The molecule has 0 aromatic carbocycles. The van der Waals surface area contributed by atoms with Crippen molar-refractivity contribution in [3.63, 3.8) is 0 Å². The molecule has 0 saturated carbocycles. The van der Waals surface area contributed by atoms with E-state index in [4.69, 9.17) is 0 Å². The Hall–Kier alpha value is -1.26. The van der Waals surface area contributed by atoms with Gasteiger partial charge in [-0.2, -0.15) is 0 Å². The van der Waals surface area contributed by atoms with Gasteiger partial charge in [0.15, 0.2) is 0 Å². The van der Waals surface area contributed by atoms with Gasteiger partial charge in [0.25, 0.3) is 0 Å². The second kappa shape index (κ2) is 29.8. The Morgan fingerprint density at radius 2 is 1.09 bits per heavy atom. The van der Waals surface area contributed by atoms with Crippen LogP contribution in [0.3, 0.4) is 0 Å². The zero-order valence-electron chi connectivity index (χ0n) is 22.9. The average Bonchev–Trinajstić information content (AvgIpc) is 2.85. The zero-order chi connectivity index (χ0) is 24.8. The van der Waals surface area contributed by atoms with E-state index in [0.29, 0.717) is 12.5 Å². The number of hydrogen-bond acceptors (Lipinski definition) is 1. The topological polar surface area (TPSA) is 20.2 Å². The number of allylic oxidation sites excluding steroid dienone is 5. The van der Waals surface area contributed by atoms with Gasteiger partial charge < -0.3 is 5.11 Å². The smallest absolute Gasteiger partial charge is 0.0459 e. The first-order valence-corrected chi connectivity index (χ1v) is 14.8. The van der Waals surface area contributed by atoms with Crippen LogP contribution in [0.25, 0.3) is 0 Å². The fraction of sp³-hybridized carbons (Fsp3) is 0.758. The van der Waals surface area contributed by atoms with Crippen LogP contribution in [0.15, 0.2) is 37.0 Å². The maximum absolute atomic E-state index is 9.70. The molecule has 34 heavy (non-hydrogen) atoms. The van der Waals surface area contributed by atoms with E-state index in [0.717, 1.165) is 19.3 Å². The van der Waals surface area contributed by atoms with E-state index >= 15 is 0 Å². The predicted molar refractivity (Wildman–Crippen MR) is 154 cm³/mol. The molecule has 0 aliphatic heterocycles. The highest BCUT2D eigenvalue weighted by atomic mass is 16.3. The van der Waals surface area contributed by atoms with Gasteiger partial charge in [0.2, 0.25) is 0 Å². The molecule has 0 saturated heterocycles. The van der Waals surface area contributed by atoms with Gasteiger partial charge in [-0.1, -0.05) is 127 Å². The third-order valence-corrected chi connectivity index (χ3v) is 6.63. The summed E-state index contributed by atoms with van der Waals surface area (Å²) in [5.41, 5.74) is 0. The molecule has 0 spiro atoms. The first kappa shape index (κ1) is 32.7. The van der Waals surface area contributed by atoms with Crippen molar-refractivity contribution in [2.24, 2.45) is 5.92 Å². The molecule has 0 bridgehead atoms. The maximum Gasteiger partial charge on any atom is 0.0459 e. The number of aliphatic hydroxyl groups is 1. The van der Waals surface area contributed by atoms with Crippen LogP contribution in [0.4, 0.5) is 0 Å². The lowest BCUT2D eigenvalue weighted by Crippen LogP contribution is -2.06. The second-order valence-electron chi connectivity index (χ2n) is 9.89. The minimum atomic E-state index is 0.388. The monoisotopic (exact) mass is 470 g/mol. The summed E-state index contributed by atoms with van der Waals surface area (Å²) < 4.78 is 0. The molecule has 0 aromatic heterocycles. The Morgan fingerprint density at radius 3 is 1.56 bits per heavy atom. The summed E-state index contributed by atoms with van der Waals surface area (Å²) in [7, 11) is 0. The third kappa shape index (κ3) is 27.0. The lowest BCUT2D eigenvalue weighted by molar-refractivity contribution is 0.204. The largest absolute Gasteiger partial charge is 0.396 e. The minimum absolute atomic E-state index is 0.388. The molecule has 1 unspecified atom stereocenters. The molecule has 0 aliphatic carbocycles.